The van der Waals surface area contributed by atoms with E-state index in [9.17, 15) is 4.79 Å². The van der Waals surface area contributed by atoms with Gasteiger partial charge in [0.05, 0.1) is 13.2 Å². The summed E-state index contributed by atoms with van der Waals surface area (Å²) in [6, 6.07) is 0. The lowest BCUT2D eigenvalue weighted by Crippen LogP contribution is -2.48. The van der Waals surface area contributed by atoms with Gasteiger partial charge in [-0.25, -0.2) is 11.6 Å². The van der Waals surface area contributed by atoms with Gasteiger partial charge in [0.1, 0.15) is 0 Å². The average Bonchev–Trinajstić information content (AvgIpc) is 2.06. The Morgan fingerprint density at radius 1 is 1.58 bits per heavy atom. The maximum absolute atomic E-state index is 10.9. The van der Waals surface area contributed by atoms with Crippen molar-refractivity contribution in [2.24, 2.45) is 0 Å². The molecular weight excluding hydrogens is 158 g/mol. The minimum atomic E-state index is -0.244. The summed E-state index contributed by atoms with van der Waals surface area (Å²) in [7, 11) is 0. The Labute approximate surface area is 71.1 Å². The lowest BCUT2D eigenvalue weighted by atomic mass is 10.5. The molecule has 1 aliphatic heterocycles. The van der Waals surface area contributed by atoms with Crippen molar-refractivity contribution in [3.8, 4) is 0 Å². The molecule has 0 bridgehead atoms. The van der Waals surface area contributed by atoms with Crippen LogP contribution in [0.3, 0.4) is 0 Å². The Morgan fingerprint density at radius 3 is 2.83 bits per heavy atom. The van der Waals surface area contributed by atoms with Crippen molar-refractivity contribution in [3.05, 3.63) is 11.4 Å². The van der Waals surface area contributed by atoms with Crippen LogP contribution < -0.4 is 5.43 Å². The van der Waals surface area contributed by atoms with E-state index in [0.29, 0.717) is 26.3 Å². The molecule has 66 valence electrons. The van der Waals surface area contributed by atoms with Gasteiger partial charge in [-0.2, -0.15) is 0 Å². The van der Waals surface area contributed by atoms with E-state index in [0.717, 1.165) is 0 Å². The quantitative estimate of drug-likeness (QED) is 0.554. The van der Waals surface area contributed by atoms with Crippen molar-refractivity contribution < 1.29 is 9.53 Å². The van der Waals surface area contributed by atoms with Crippen LogP contribution in [0.25, 0.3) is 4.85 Å². The van der Waals surface area contributed by atoms with Crippen LogP contribution in [-0.4, -0.2) is 43.8 Å². The van der Waals surface area contributed by atoms with Crippen LogP contribution in [0.1, 0.15) is 0 Å². The molecule has 1 rings (SSSR count). The summed E-state index contributed by atoms with van der Waals surface area (Å²) in [5.41, 5.74) is 2.62. The van der Waals surface area contributed by atoms with Gasteiger partial charge in [0.25, 0.3) is 6.54 Å². The van der Waals surface area contributed by atoms with Gasteiger partial charge in [-0.3, -0.25) is 10.2 Å². The molecule has 0 spiro atoms. The lowest BCUT2D eigenvalue weighted by molar-refractivity contribution is -0.125. The van der Waals surface area contributed by atoms with Crippen LogP contribution >= 0.6 is 0 Å². The molecule has 0 atom stereocenters. The SMILES string of the molecule is [C-]#[N+]CC(=O)NN1CCOCC1. The molecule has 1 aliphatic rings. The minimum Gasteiger partial charge on any atom is -0.379 e. The summed E-state index contributed by atoms with van der Waals surface area (Å²) in [6.45, 7) is 9.04. The lowest BCUT2D eigenvalue weighted by Gasteiger charge is -2.25. The number of hydrazine groups is 1. The van der Waals surface area contributed by atoms with Crippen molar-refractivity contribution in [2.75, 3.05) is 32.8 Å². The molecule has 0 unspecified atom stereocenters. The van der Waals surface area contributed by atoms with E-state index in [1.54, 1.807) is 5.01 Å². The molecule has 1 fully saturated rings. The zero-order valence-electron chi connectivity index (χ0n) is 6.75. The molecule has 5 nitrogen and oxygen atoms in total. The summed E-state index contributed by atoms with van der Waals surface area (Å²) < 4.78 is 5.09. The van der Waals surface area contributed by atoms with Gasteiger partial charge in [-0.1, -0.05) is 0 Å². The molecule has 5 heteroatoms. The number of ether oxygens (including phenoxy) is 1. The van der Waals surface area contributed by atoms with E-state index in [1.807, 2.05) is 0 Å². The number of hydrogen-bond acceptors (Lipinski definition) is 3. The number of nitrogens with one attached hydrogen (secondary N) is 1. The van der Waals surface area contributed by atoms with Gasteiger partial charge in [0.2, 0.25) is 0 Å². The fraction of sp³-hybridized carbons (Fsp3) is 0.714. The molecule has 0 saturated carbocycles. The van der Waals surface area contributed by atoms with Crippen LogP contribution in [0.4, 0.5) is 0 Å². The molecule has 0 aromatic carbocycles. The second-order valence-electron chi connectivity index (χ2n) is 2.45. The largest absolute Gasteiger partial charge is 0.379 e. The highest BCUT2D eigenvalue weighted by atomic mass is 16.5. The predicted molar refractivity (Wildman–Crippen MR) is 42.0 cm³/mol. The zero-order chi connectivity index (χ0) is 8.81. The molecule has 1 amide bonds. The van der Waals surface area contributed by atoms with Crippen molar-refractivity contribution in [3.63, 3.8) is 0 Å². The number of hydrogen-bond donors (Lipinski definition) is 1. The van der Waals surface area contributed by atoms with Gasteiger partial charge in [-0.15, -0.1) is 0 Å². The molecular formula is C7H11N3O2. The van der Waals surface area contributed by atoms with Crippen molar-refractivity contribution in [1.82, 2.24) is 10.4 Å². The van der Waals surface area contributed by atoms with Crippen LogP contribution in [0.5, 0.6) is 0 Å². The molecule has 12 heavy (non-hydrogen) atoms. The van der Waals surface area contributed by atoms with Gasteiger partial charge in [0, 0.05) is 13.1 Å². The van der Waals surface area contributed by atoms with Gasteiger partial charge in [-0.05, 0) is 0 Å². The zero-order valence-corrected chi connectivity index (χ0v) is 6.75. The summed E-state index contributed by atoms with van der Waals surface area (Å²) in [5.74, 6) is -0.244. The first kappa shape index (κ1) is 8.97. The molecule has 1 N–H and O–H groups in total. The number of rotatable bonds is 2. The maximum atomic E-state index is 10.9. The number of carbonyl (C=O) groups is 1. The highest BCUT2D eigenvalue weighted by Crippen LogP contribution is 1.91. The minimum absolute atomic E-state index is 0.0998. The maximum Gasteiger partial charge on any atom is 0.314 e. The van der Waals surface area contributed by atoms with Gasteiger partial charge in [0.15, 0.2) is 0 Å². The summed E-state index contributed by atoms with van der Waals surface area (Å²) in [6.07, 6.45) is 0. The Bertz CT molecular complexity index is 193. The molecule has 1 saturated heterocycles. The molecule has 0 aliphatic carbocycles. The predicted octanol–water partition coefficient (Wildman–Crippen LogP) is -0.731. The van der Waals surface area contributed by atoms with Gasteiger partial charge >= 0.3 is 5.91 Å². The molecule has 0 aromatic heterocycles. The Balaban J connectivity index is 2.21. The second-order valence-corrected chi connectivity index (χ2v) is 2.45. The van der Waals surface area contributed by atoms with E-state index in [1.165, 1.54) is 0 Å². The third kappa shape index (κ3) is 2.86. The van der Waals surface area contributed by atoms with Crippen LogP contribution in [0, 0.1) is 6.57 Å². The smallest absolute Gasteiger partial charge is 0.314 e. The topological polar surface area (TPSA) is 45.9 Å². The second kappa shape index (κ2) is 4.70. The van der Waals surface area contributed by atoms with E-state index in [-0.39, 0.29) is 12.5 Å². The Hall–Kier alpha value is -1.12. The van der Waals surface area contributed by atoms with Crippen molar-refractivity contribution in [2.45, 2.75) is 0 Å². The third-order valence-corrected chi connectivity index (χ3v) is 1.52. The van der Waals surface area contributed by atoms with E-state index in [4.69, 9.17) is 11.3 Å². The van der Waals surface area contributed by atoms with E-state index < -0.39 is 0 Å². The van der Waals surface area contributed by atoms with Crippen LogP contribution in [0.2, 0.25) is 0 Å². The van der Waals surface area contributed by atoms with Crippen molar-refractivity contribution >= 4 is 5.91 Å². The first-order valence-electron chi connectivity index (χ1n) is 3.78. The number of amides is 1. The number of nitrogens with zero attached hydrogens (tertiary/aromatic N) is 2. The fourth-order valence-electron chi connectivity index (χ4n) is 0.959. The Morgan fingerprint density at radius 2 is 2.25 bits per heavy atom. The van der Waals surface area contributed by atoms with E-state index in [2.05, 4.69) is 10.3 Å². The fourth-order valence-corrected chi connectivity index (χ4v) is 0.959. The summed E-state index contributed by atoms with van der Waals surface area (Å²) >= 11 is 0. The number of carbonyl (C=O) groups excluding carboxylic acids is 1. The average molecular weight is 169 g/mol. The standard InChI is InChI=1S/C7H11N3O2/c1-8-6-7(11)9-10-2-4-12-5-3-10/h2-6H2,(H,9,11). The monoisotopic (exact) mass is 169 g/mol. The summed E-state index contributed by atoms with van der Waals surface area (Å²) in [4.78, 5) is 13.9. The van der Waals surface area contributed by atoms with Gasteiger partial charge < -0.3 is 9.58 Å². The highest BCUT2D eigenvalue weighted by Gasteiger charge is 2.13. The van der Waals surface area contributed by atoms with E-state index >= 15 is 0 Å². The number of morpholine rings is 1. The first-order chi connectivity index (χ1) is 5.83. The normalized spacial score (nSPS) is 18.2. The van der Waals surface area contributed by atoms with Crippen molar-refractivity contribution in [1.29, 1.82) is 0 Å². The Kier molecular flexibility index (Phi) is 3.51. The van der Waals surface area contributed by atoms with Crippen LogP contribution in [0.15, 0.2) is 0 Å². The molecule has 0 radical (unpaired) electrons. The molecule has 0 aromatic rings. The molecule has 1 heterocycles. The first-order valence-corrected chi connectivity index (χ1v) is 3.78. The highest BCUT2D eigenvalue weighted by molar-refractivity contribution is 5.78. The summed E-state index contributed by atoms with van der Waals surface area (Å²) in [5, 5.41) is 1.77. The third-order valence-electron chi connectivity index (χ3n) is 1.52. The van der Waals surface area contributed by atoms with Crippen LogP contribution in [-0.2, 0) is 9.53 Å².